The molecular formula is C22H23F3N4O2. The van der Waals surface area contributed by atoms with Crippen molar-refractivity contribution in [2.45, 2.75) is 56.7 Å². The summed E-state index contributed by atoms with van der Waals surface area (Å²) < 4.78 is 42.3. The molecule has 1 fully saturated rings. The van der Waals surface area contributed by atoms with E-state index in [1.807, 2.05) is 0 Å². The molecule has 6 nitrogen and oxygen atoms in total. The normalized spacial score (nSPS) is 22.2. The maximum absolute atomic E-state index is 12.9. The molecule has 1 aromatic carbocycles. The van der Waals surface area contributed by atoms with Gasteiger partial charge < -0.3 is 15.8 Å². The molecule has 1 spiro atoms. The number of hydrogen-bond acceptors (Lipinski definition) is 5. The van der Waals surface area contributed by atoms with Gasteiger partial charge >= 0.3 is 6.18 Å². The highest BCUT2D eigenvalue weighted by atomic mass is 19.4. The van der Waals surface area contributed by atoms with Gasteiger partial charge in [0.25, 0.3) is 5.91 Å². The number of nitrogens with one attached hydrogen (secondary N) is 1. The number of hydrogen-bond donors (Lipinski definition) is 2. The fourth-order valence-electron chi connectivity index (χ4n) is 4.71. The minimum Gasteiger partial charge on any atom is -0.484 e. The second-order valence-corrected chi connectivity index (χ2v) is 8.76. The Morgan fingerprint density at radius 3 is 2.81 bits per heavy atom. The summed E-state index contributed by atoms with van der Waals surface area (Å²) in [5.74, 6) is 1.48. The number of rotatable bonds is 5. The number of anilines is 1. The van der Waals surface area contributed by atoms with Crippen molar-refractivity contribution in [2.24, 2.45) is 5.92 Å². The highest BCUT2D eigenvalue weighted by molar-refractivity contribution is 6.01. The molecule has 1 aromatic heterocycles. The zero-order valence-electron chi connectivity index (χ0n) is 16.9. The quantitative estimate of drug-likeness (QED) is 0.755. The summed E-state index contributed by atoms with van der Waals surface area (Å²) in [6, 6.07) is 4.90. The van der Waals surface area contributed by atoms with Crippen LogP contribution in [0.3, 0.4) is 0 Å². The topological polar surface area (TPSA) is 90.1 Å². The predicted molar refractivity (Wildman–Crippen MR) is 107 cm³/mol. The van der Waals surface area contributed by atoms with Crippen LogP contribution in [-0.2, 0) is 24.8 Å². The van der Waals surface area contributed by atoms with Gasteiger partial charge in [0, 0.05) is 12.8 Å². The number of benzene rings is 1. The van der Waals surface area contributed by atoms with Crippen LogP contribution < -0.4 is 15.8 Å². The smallest absolute Gasteiger partial charge is 0.422 e. The summed E-state index contributed by atoms with van der Waals surface area (Å²) in [5.41, 5.74) is 8.21. The van der Waals surface area contributed by atoms with E-state index in [2.05, 4.69) is 15.3 Å². The lowest BCUT2D eigenvalue weighted by molar-refractivity contribution is -0.153. The van der Waals surface area contributed by atoms with E-state index in [9.17, 15) is 18.0 Å². The van der Waals surface area contributed by atoms with Gasteiger partial charge in [0.05, 0.1) is 11.2 Å². The van der Waals surface area contributed by atoms with Crippen LogP contribution >= 0.6 is 0 Å². The summed E-state index contributed by atoms with van der Waals surface area (Å²) >= 11 is 0. The van der Waals surface area contributed by atoms with Gasteiger partial charge in [-0.3, -0.25) is 4.79 Å². The standard InChI is InChI=1S/C22H23F3N4O2/c23-22(24,25)11-31-14-4-5-15-13(9-14)7-8-21(15)10-16-18(20(30)29-21)19(26)28-17(27-16)6-3-12-1-2-12/h4-5,9,12H,1-3,6-8,10-11H2,(H,29,30)(H2,26,27,28)/t21-/m0/s1. The van der Waals surface area contributed by atoms with E-state index in [0.29, 0.717) is 36.3 Å². The Kier molecular flexibility index (Phi) is 4.60. The molecule has 2 aromatic rings. The molecule has 31 heavy (non-hydrogen) atoms. The number of carbonyl (C=O) groups is 1. The molecule has 0 bridgehead atoms. The Hall–Kier alpha value is -2.84. The summed E-state index contributed by atoms with van der Waals surface area (Å²) in [4.78, 5) is 22.0. The average molecular weight is 432 g/mol. The fourth-order valence-corrected chi connectivity index (χ4v) is 4.71. The van der Waals surface area contributed by atoms with Crippen LogP contribution in [0.25, 0.3) is 0 Å². The van der Waals surface area contributed by atoms with Crippen molar-refractivity contribution in [3.05, 3.63) is 46.4 Å². The summed E-state index contributed by atoms with van der Waals surface area (Å²) in [6.45, 7) is -1.33. The number of nitrogens with two attached hydrogens (primary N) is 1. The molecule has 0 radical (unpaired) electrons. The van der Waals surface area contributed by atoms with E-state index in [0.717, 1.165) is 29.9 Å². The Morgan fingerprint density at radius 1 is 1.26 bits per heavy atom. The van der Waals surface area contributed by atoms with E-state index in [1.54, 1.807) is 12.1 Å². The first-order valence-electron chi connectivity index (χ1n) is 10.5. The van der Waals surface area contributed by atoms with E-state index < -0.39 is 18.3 Å². The molecule has 2 aliphatic carbocycles. The second kappa shape index (κ2) is 7.10. The van der Waals surface area contributed by atoms with E-state index >= 15 is 0 Å². The number of carbonyl (C=O) groups excluding carboxylic acids is 1. The summed E-state index contributed by atoms with van der Waals surface area (Å²) in [5, 5.41) is 3.08. The molecular weight excluding hydrogens is 409 g/mol. The zero-order valence-corrected chi connectivity index (χ0v) is 16.9. The molecule has 1 atom stereocenters. The zero-order chi connectivity index (χ0) is 21.8. The van der Waals surface area contributed by atoms with Crippen LogP contribution in [-0.4, -0.2) is 28.7 Å². The SMILES string of the molecule is Nc1nc(CCC2CC2)nc2c1C(=O)N[C@@]1(CCc3cc(OCC(F)(F)F)ccc31)C2. The number of amides is 1. The lowest BCUT2D eigenvalue weighted by Crippen LogP contribution is -2.50. The Bertz CT molecular complexity index is 1050. The van der Waals surface area contributed by atoms with Crippen LogP contribution in [0.2, 0.25) is 0 Å². The maximum Gasteiger partial charge on any atom is 0.422 e. The third kappa shape index (κ3) is 3.93. The molecule has 1 aliphatic heterocycles. The number of nitrogen functional groups attached to an aromatic ring is 1. The molecule has 5 rings (SSSR count). The third-order valence-corrected chi connectivity index (χ3v) is 6.40. The number of halogens is 3. The van der Waals surface area contributed by atoms with Crippen LogP contribution in [0.4, 0.5) is 19.0 Å². The van der Waals surface area contributed by atoms with Gasteiger partial charge in [-0.25, -0.2) is 9.97 Å². The van der Waals surface area contributed by atoms with Crippen molar-refractivity contribution in [2.75, 3.05) is 12.3 Å². The fraction of sp³-hybridized carbons (Fsp3) is 0.500. The van der Waals surface area contributed by atoms with Crippen molar-refractivity contribution in [3.63, 3.8) is 0 Å². The van der Waals surface area contributed by atoms with Gasteiger partial charge in [0.1, 0.15) is 23.0 Å². The molecule has 0 saturated heterocycles. The van der Waals surface area contributed by atoms with Crippen LogP contribution in [0.1, 0.15) is 58.7 Å². The predicted octanol–water partition coefficient (Wildman–Crippen LogP) is 3.47. The van der Waals surface area contributed by atoms with E-state index in [4.69, 9.17) is 10.5 Å². The first kappa shape index (κ1) is 20.1. The maximum atomic E-state index is 12.9. The first-order chi connectivity index (χ1) is 14.7. The summed E-state index contributed by atoms with van der Waals surface area (Å²) in [7, 11) is 0. The van der Waals surface area contributed by atoms with Crippen molar-refractivity contribution < 1.29 is 22.7 Å². The van der Waals surface area contributed by atoms with Crippen LogP contribution in [0.15, 0.2) is 18.2 Å². The van der Waals surface area contributed by atoms with Crippen molar-refractivity contribution >= 4 is 11.7 Å². The number of fused-ring (bicyclic) bond motifs is 3. The lowest BCUT2D eigenvalue weighted by atomic mass is 9.82. The minimum absolute atomic E-state index is 0.171. The number of aryl methyl sites for hydroxylation is 2. The van der Waals surface area contributed by atoms with Gasteiger partial charge in [-0.15, -0.1) is 0 Å². The van der Waals surface area contributed by atoms with Crippen molar-refractivity contribution in [3.8, 4) is 5.75 Å². The van der Waals surface area contributed by atoms with Crippen LogP contribution in [0, 0.1) is 5.92 Å². The Labute approximate surface area is 177 Å². The molecule has 164 valence electrons. The molecule has 3 aliphatic rings. The van der Waals surface area contributed by atoms with Gasteiger partial charge in [0.2, 0.25) is 0 Å². The lowest BCUT2D eigenvalue weighted by Gasteiger charge is -2.36. The Balaban J connectivity index is 1.42. The monoisotopic (exact) mass is 432 g/mol. The second-order valence-electron chi connectivity index (χ2n) is 8.76. The van der Waals surface area contributed by atoms with E-state index in [1.165, 1.54) is 18.9 Å². The molecule has 2 heterocycles. The molecule has 1 amide bonds. The molecule has 9 heteroatoms. The highest BCUT2D eigenvalue weighted by Crippen LogP contribution is 2.44. The average Bonchev–Trinajstić information content (AvgIpc) is 3.47. The molecule has 0 unspecified atom stereocenters. The van der Waals surface area contributed by atoms with Gasteiger partial charge in [0.15, 0.2) is 6.61 Å². The van der Waals surface area contributed by atoms with Crippen molar-refractivity contribution in [1.29, 1.82) is 0 Å². The Morgan fingerprint density at radius 2 is 2.06 bits per heavy atom. The number of alkyl halides is 3. The van der Waals surface area contributed by atoms with Crippen molar-refractivity contribution in [1.82, 2.24) is 15.3 Å². The van der Waals surface area contributed by atoms with Gasteiger partial charge in [-0.05, 0) is 48.4 Å². The number of nitrogens with zero attached hydrogens (tertiary/aromatic N) is 2. The van der Waals surface area contributed by atoms with Gasteiger partial charge in [-0.1, -0.05) is 18.9 Å². The molecule has 3 N–H and O–H groups in total. The van der Waals surface area contributed by atoms with E-state index in [-0.39, 0.29) is 17.5 Å². The highest BCUT2D eigenvalue weighted by Gasteiger charge is 2.45. The first-order valence-corrected chi connectivity index (χ1v) is 10.5. The minimum atomic E-state index is -4.39. The third-order valence-electron chi connectivity index (χ3n) is 6.40. The number of aromatic nitrogens is 2. The van der Waals surface area contributed by atoms with Gasteiger partial charge in [-0.2, -0.15) is 13.2 Å². The largest absolute Gasteiger partial charge is 0.484 e. The van der Waals surface area contributed by atoms with Crippen LogP contribution in [0.5, 0.6) is 5.75 Å². The molecule has 1 saturated carbocycles. The summed E-state index contributed by atoms with van der Waals surface area (Å²) in [6.07, 6.45) is 1.62. The number of ether oxygens (including phenoxy) is 1.